The van der Waals surface area contributed by atoms with Gasteiger partial charge in [0, 0.05) is 17.5 Å². The average molecular weight is 531 g/mol. The lowest BCUT2D eigenvalue weighted by Crippen LogP contribution is -2.48. The van der Waals surface area contributed by atoms with Crippen LogP contribution in [0.1, 0.15) is 76.1 Å². The fraction of sp³-hybridized carbons (Fsp3) is 0.600. The third-order valence-corrected chi connectivity index (χ3v) is 12.1. The van der Waals surface area contributed by atoms with E-state index in [1.54, 1.807) is 6.20 Å². The number of hydrogen-bond donors (Lipinski definition) is 2. The van der Waals surface area contributed by atoms with Crippen molar-refractivity contribution in [2.24, 2.45) is 5.41 Å². The minimum Gasteiger partial charge on any atom is -0.465 e. The summed E-state index contributed by atoms with van der Waals surface area (Å²) in [5.74, 6) is -0.0979. The normalized spacial score (nSPS) is 16.0. The number of benzene rings is 1. The number of aromatic nitrogens is 1. The van der Waals surface area contributed by atoms with E-state index in [1.807, 2.05) is 18.5 Å². The zero-order valence-corrected chi connectivity index (χ0v) is 23.5. The Labute approximate surface area is 211 Å². The van der Waals surface area contributed by atoms with E-state index in [4.69, 9.17) is 4.43 Å². The molecule has 5 nitrogen and oxygen atoms in total. The second kappa shape index (κ2) is 10.6. The van der Waals surface area contributed by atoms with E-state index in [0.29, 0.717) is 12.0 Å². The minimum atomic E-state index is -4.46. The van der Waals surface area contributed by atoms with Gasteiger partial charge in [0.15, 0.2) is 8.32 Å². The molecule has 0 fully saturated rings. The summed E-state index contributed by atoms with van der Waals surface area (Å²) in [6, 6.07) is 4.14. The van der Waals surface area contributed by atoms with Gasteiger partial charge in [0.05, 0.1) is 22.7 Å². The van der Waals surface area contributed by atoms with Crippen molar-refractivity contribution in [1.29, 1.82) is 0 Å². The largest absolute Gasteiger partial charge is 0.465 e. The van der Waals surface area contributed by atoms with Crippen LogP contribution in [0.2, 0.25) is 18.1 Å². The molecular weight excluding hydrogens is 493 g/mol. The van der Waals surface area contributed by atoms with Crippen molar-refractivity contribution in [1.82, 2.24) is 10.3 Å². The van der Waals surface area contributed by atoms with E-state index in [-0.39, 0.29) is 16.4 Å². The molecular formula is C25H37F3N2O3SSi. The number of nitrogens with one attached hydrogen (secondary N) is 1. The molecule has 2 rings (SSSR count). The molecule has 0 saturated heterocycles. The number of carboxylic acid groups (broad SMARTS) is 1. The zero-order valence-electron chi connectivity index (χ0n) is 21.7. The first-order valence-electron chi connectivity index (χ1n) is 11.6. The predicted octanol–water partition coefficient (Wildman–Crippen LogP) is 8.08. The lowest BCUT2D eigenvalue weighted by molar-refractivity contribution is -0.137. The van der Waals surface area contributed by atoms with Crippen LogP contribution in [0.5, 0.6) is 0 Å². The van der Waals surface area contributed by atoms with Gasteiger partial charge in [-0.05, 0) is 47.7 Å². The first-order valence-corrected chi connectivity index (χ1v) is 15.4. The number of hydrogen-bond acceptors (Lipinski definition) is 4. The average Bonchev–Trinajstić information content (AvgIpc) is 3.21. The summed E-state index contributed by atoms with van der Waals surface area (Å²) in [7, 11) is -2.45. The summed E-state index contributed by atoms with van der Waals surface area (Å²) < 4.78 is 46.4. The molecule has 0 saturated carbocycles. The fourth-order valence-electron chi connectivity index (χ4n) is 3.64. The van der Waals surface area contributed by atoms with Crippen LogP contribution >= 0.6 is 11.3 Å². The van der Waals surface area contributed by atoms with Crippen molar-refractivity contribution in [3.63, 3.8) is 0 Å². The second-order valence-electron chi connectivity index (χ2n) is 11.5. The molecule has 0 aliphatic rings. The number of thiazole rings is 1. The van der Waals surface area contributed by atoms with Gasteiger partial charge in [0.25, 0.3) is 0 Å². The summed E-state index contributed by atoms with van der Waals surface area (Å²) in [5, 5.41) is 14.9. The lowest BCUT2D eigenvalue weighted by Gasteiger charge is -2.43. The molecule has 10 heteroatoms. The van der Waals surface area contributed by atoms with Gasteiger partial charge in [-0.15, -0.1) is 11.3 Å². The molecule has 3 atom stereocenters. The van der Waals surface area contributed by atoms with Gasteiger partial charge in [-0.25, -0.2) is 9.78 Å². The van der Waals surface area contributed by atoms with Crippen molar-refractivity contribution in [3.05, 3.63) is 52.0 Å². The van der Waals surface area contributed by atoms with E-state index in [9.17, 15) is 23.1 Å². The maximum atomic E-state index is 13.2. The Balaban J connectivity index is 2.59. The smallest absolute Gasteiger partial charge is 0.416 e. The van der Waals surface area contributed by atoms with Crippen molar-refractivity contribution in [2.75, 3.05) is 0 Å². The molecule has 1 aromatic carbocycles. The Morgan fingerprint density at radius 2 is 1.69 bits per heavy atom. The molecule has 0 aliphatic heterocycles. The van der Waals surface area contributed by atoms with Crippen LogP contribution in [0.3, 0.4) is 0 Å². The molecule has 0 aliphatic carbocycles. The van der Waals surface area contributed by atoms with Crippen LogP contribution in [0.25, 0.3) is 0 Å². The van der Waals surface area contributed by atoms with E-state index in [0.717, 1.165) is 17.1 Å². The number of amides is 1. The lowest BCUT2D eigenvalue weighted by atomic mass is 9.76. The highest BCUT2D eigenvalue weighted by atomic mass is 32.1. The number of carbonyl (C=O) groups is 1. The summed E-state index contributed by atoms with van der Waals surface area (Å²) in [4.78, 5) is 16.4. The van der Waals surface area contributed by atoms with E-state index < -0.39 is 38.3 Å². The Bertz CT molecular complexity index is 966. The topological polar surface area (TPSA) is 71.5 Å². The second-order valence-corrected chi connectivity index (χ2v) is 17.2. The van der Waals surface area contributed by atoms with Gasteiger partial charge in [0.2, 0.25) is 0 Å². The molecule has 1 amide bonds. The monoisotopic (exact) mass is 530 g/mol. The number of halogens is 3. The first-order chi connectivity index (χ1) is 15.8. The Morgan fingerprint density at radius 3 is 2.09 bits per heavy atom. The minimum absolute atomic E-state index is 0.0979. The summed E-state index contributed by atoms with van der Waals surface area (Å²) in [6.07, 6.45) is -4.34. The number of rotatable bonds is 8. The predicted molar refractivity (Wildman–Crippen MR) is 136 cm³/mol. The van der Waals surface area contributed by atoms with Crippen molar-refractivity contribution in [2.45, 2.75) is 90.3 Å². The van der Waals surface area contributed by atoms with E-state index >= 15 is 0 Å². The Kier molecular flexibility index (Phi) is 8.88. The molecule has 1 aromatic heterocycles. The number of nitrogens with zero attached hydrogens (tertiary/aromatic N) is 1. The van der Waals surface area contributed by atoms with E-state index in [2.05, 4.69) is 51.8 Å². The van der Waals surface area contributed by atoms with Gasteiger partial charge >= 0.3 is 12.3 Å². The van der Waals surface area contributed by atoms with Crippen LogP contribution < -0.4 is 5.32 Å². The SMILES string of the molecule is CC(C)(C)C(C[C@@H](NC(=O)O)[C@H](O[Si](C)(C)C(C)(C)C)c1ccc(C(F)(F)F)cc1)c1nccs1. The van der Waals surface area contributed by atoms with Crippen molar-refractivity contribution in [3.8, 4) is 0 Å². The van der Waals surface area contributed by atoms with E-state index in [1.165, 1.54) is 23.5 Å². The molecule has 0 bridgehead atoms. The van der Waals surface area contributed by atoms with Crippen LogP contribution in [-0.4, -0.2) is 30.5 Å². The highest BCUT2D eigenvalue weighted by Gasteiger charge is 2.43. The molecule has 1 unspecified atom stereocenters. The summed E-state index contributed by atoms with van der Waals surface area (Å²) >= 11 is 1.50. The highest BCUT2D eigenvalue weighted by Crippen LogP contribution is 2.45. The van der Waals surface area contributed by atoms with Crippen molar-refractivity contribution >= 4 is 25.7 Å². The van der Waals surface area contributed by atoms with Gasteiger partial charge < -0.3 is 14.8 Å². The van der Waals surface area contributed by atoms with Crippen LogP contribution in [0.15, 0.2) is 35.8 Å². The molecule has 0 spiro atoms. The molecule has 2 N–H and O–H groups in total. The van der Waals surface area contributed by atoms with Crippen LogP contribution in [0.4, 0.5) is 18.0 Å². The first kappa shape index (κ1) is 29.3. The molecule has 2 aromatic rings. The quantitative estimate of drug-likeness (QED) is 0.338. The van der Waals surface area contributed by atoms with Gasteiger partial charge in [-0.1, -0.05) is 53.7 Å². The maximum Gasteiger partial charge on any atom is 0.416 e. The van der Waals surface area contributed by atoms with Crippen LogP contribution in [-0.2, 0) is 10.6 Å². The third kappa shape index (κ3) is 7.78. The Hall–Kier alpha value is -1.91. The molecule has 35 heavy (non-hydrogen) atoms. The number of alkyl halides is 3. The fourth-order valence-corrected chi connectivity index (χ4v) is 5.93. The van der Waals surface area contributed by atoms with Crippen molar-refractivity contribution < 1.29 is 27.5 Å². The van der Waals surface area contributed by atoms with Gasteiger partial charge in [0.1, 0.15) is 0 Å². The van der Waals surface area contributed by atoms with Gasteiger partial charge in [-0.3, -0.25) is 0 Å². The third-order valence-electron chi connectivity index (χ3n) is 6.75. The maximum absolute atomic E-state index is 13.2. The summed E-state index contributed by atoms with van der Waals surface area (Å²) in [6.45, 7) is 16.5. The molecule has 196 valence electrons. The summed E-state index contributed by atoms with van der Waals surface area (Å²) in [5.41, 5.74) is -0.489. The highest BCUT2D eigenvalue weighted by molar-refractivity contribution is 7.09. The molecule has 1 heterocycles. The standard InChI is InChI=1S/C25H37F3N2O3SSi/c1-23(2,3)18(21-29-13-14-34-21)15-19(30-22(31)32)20(33-35(7,8)24(4,5)6)16-9-11-17(12-10-16)25(26,27)28/h9-14,18-20,30H,15H2,1-8H3,(H,31,32)/t18?,19-,20-/m1/s1. The van der Waals surface area contributed by atoms with Crippen LogP contribution in [0, 0.1) is 5.41 Å². The molecule has 0 radical (unpaired) electrons. The van der Waals surface area contributed by atoms with Gasteiger partial charge in [-0.2, -0.15) is 13.2 Å². The zero-order chi connectivity index (χ0) is 26.8. The Morgan fingerprint density at radius 1 is 1.11 bits per heavy atom.